The quantitative estimate of drug-likeness (QED) is 0.756. The van der Waals surface area contributed by atoms with Gasteiger partial charge in [0, 0.05) is 12.1 Å². The number of methoxy groups -OCH3 is 1. The van der Waals surface area contributed by atoms with Gasteiger partial charge >= 0.3 is 5.97 Å². The van der Waals surface area contributed by atoms with Crippen LogP contribution in [0, 0.1) is 5.92 Å². The van der Waals surface area contributed by atoms with Gasteiger partial charge in [-0.25, -0.2) is 13.2 Å². The lowest BCUT2D eigenvalue weighted by atomic mass is 9.97. The number of anilines is 1. The molecule has 1 aliphatic rings. The highest BCUT2D eigenvalue weighted by molar-refractivity contribution is 7.92. The van der Waals surface area contributed by atoms with Gasteiger partial charge < -0.3 is 10.1 Å². The van der Waals surface area contributed by atoms with E-state index in [4.69, 9.17) is 4.74 Å². The van der Waals surface area contributed by atoms with Gasteiger partial charge in [-0.15, -0.1) is 0 Å². The summed E-state index contributed by atoms with van der Waals surface area (Å²) in [6.45, 7) is 4.25. The van der Waals surface area contributed by atoms with Crippen molar-refractivity contribution in [2.75, 3.05) is 24.2 Å². The van der Waals surface area contributed by atoms with E-state index in [0.717, 1.165) is 5.56 Å². The van der Waals surface area contributed by atoms with Crippen LogP contribution < -0.4 is 9.62 Å². The molecule has 0 unspecified atom stereocenters. The van der Waals surface area contributed by atoms with Crippen molar-refractivity contribution in [2.24, 2.45) is 5.92 Å². The monoisotopic (exact) mass is 382 g/mol. The van der Waals surface area contributed by atoms with Crippen molar-refractivity contribution >= 4 is 27.6 Å². The molecule has 1 amide bonds. The van der Waals surface area contributed by atoms with Gasteiger partial charge in [0.1, 0.15) is 6.04 Å². The van der Waals surface area contributed by atoms with Crippen LogP contribution in [0.4, 0.5) is 5.69 Å². The zero-order valence-corrected chi connectivity index (χ0v) is 16.4. The molecule has 0 aliphatic carbocycles. The number of carbonyl (C=O) groups is 2. The second-order valence-corrected chi connectivity index (χ2v) is 8.55. The maximum Gasteiger partial charge on any atom is 0.328 e. The van der Waals surface area contributed by atoms with Crippen LogP contribution in [0.2, 0.25) is 0 Å². The van der Waals surface area contributed by atoms with E-state index in [1.54, 1.807) is 18.2 Å². The molecule has 0 radical (unpaired) electrons. The number of aryl methyl sites for hydroxylation is 1. The van der Waals surface area contributed by atoms with Gasteiger partial charge in [0.2, 0.25) is 10.0 Å². The van der Waals surface area contributed by atoms with Crippen LogP contribution in [0.5, 0.6) is 0 Å². The Bertz CT molecular complexity index is 791. The van der Waals surface area contributed by atoms with Gasteiger partial charge in [0.05, 0.1) is 19.1 Å². The zero-order chi connectivity index (χ0) is 19.5. The Morgan fingerprint density at radius 3 is 2.62 bits per heavy atom. The number of ether oxygens (including phenoxy) is 1. The molecule has 1 heterocycles. The molecule has 0 saturated carbocycles. The first-order valence-electron chi connectivity index (χ1n) is 8.68. The Morgan fingerprint density at radius 1 is 1.35 bits per heavy atom. The molecule has 144 valence electrons. The largest absolute Gasteiger partial charge is 0.467 e. The van der Waals surface area contributed by atoms with Crippen LogP contribution in [0.1, 0.15) is 42.6 Å². The van der Waals surface area contributed by atoms with E-state index in [1.807, 2.05) is 13.8 Å². The number of esters is 1. The molecular formula is C18H26N2O5S. The Morgan fingerprint density at radius 2 is 2.04 bits per heavy atom. The third kappa shape index (κ3) is 4.35. The number of amides is 1. The highest BCUT2D eigenvalue weighted by Gasteiger charge is 2.28. The molecule has 2 atom stereocenters. The summed E-state index contributed by atoms with van der Waals surface area (Å²) in [7, 11) is -2.05. The SMILES string of the molecule is CC[C@@H](C)[C@@H](NC(=O)c1ccc2c(c1)CCCN2S(C)(=O)=O)C(=O)OC. The summed E-state index contributed by atoms with van der Waals surface area (Å²) < 4.78 is 30.0. The normalized spacial score (nSPS) is 16.4. The minimum absolute atomic E-state index is 0.0650. The van der Waals surface area contributed by atoms with Crippen LogP contribution in [-0.2, 0) is 26.0 Å². The van der Waals surface area contributed by atoms with E-state index < -0.39 is 22.0 Å². The maximum atomic E-state index is 12.6. The lowest BCUT2D eigenvalue weighted by Crippen LogP contribution is -2.45. The molecule has 8 heteroatoms. The molecule has 1 N–H and O–H groups in total. The Kier molecular flexibility index (Phi) is 6.28. The van der Waals surface area contributed by atoms with Crippen LogP contribution in [-0.4, -0.2) is 46.2 Å². The van der Waals surface area contributed by atoms with Crippen molar-refractivity contribution in [3.05, 3.63) is 29.3 Å². The van der Waals surface area contributed by atoms with E-state index in [0.29, 0.717) is 37.1 Å². The smallest absolute Gasteiger partial charge is 0.328 e. The van der Waals surface area contributed by atoms with Crippen molar-refractivity contribution in [3.8, 4) is 0 Å². The topological polar surface area (TPSA) is 92.8 Å². The highest BCUT2D eigenvalue weighted by atomic mass is 32.2. The van der Waals surface area contributed by atoms with E-state index in [-0.39, 0.29) is 11.8 Å². The predicted octanol–water partition coefficient (Wildman–Crippen LogP) is 1.72. The van der Waals surface area contributed by atoms with Crippen molar-refractivity contribution in [3.63, 3.8) is 0 Å². The summed E-state index contributed by atoms with van der Waals surface area (Å²) in [4.78, 5) is 24.6. The summed E-state index contributed by atoms with van der Waals surface area (Å²) in [5.41, 5.74) is 1.82. The van der Waals surface area contributed by atoms with Crippen LogP contribution in [0.15, 0.2) is 18.2 Å². The van der Waals surface area contributed by atoms with Gasteiger partial charge in [-0.05, 0) is 42.5 Å². The fraction of sp³-hybridized carbons (Fsp3) is 0.556. The first kappa shape index (κ1) is 20.2. The fourth-order valence-corrected chi connectivity index (χ4v) is 4.07. The average Bonchev–Trinajstić information content (AvgIpc) is 2.62. The Balaban J connectivity index is 2.27. The minimum Gasteiger partial charge on any atom is -0.467 e. The lowest BCUT2D eigenvalue weighted by molar-refractivity contribution is -0.144. The van der Waals surface area contributed by atoms with E-state index >= 15 is 0 Å². The molecular weight excluding hydrogens is 356 g/mol. The molecule has 0 spiro atoms. The number of fused-ring (bicyclic) bond motifs is 1. The first-order valence-corrected chi connectivity index (χ1v) is 10.5. The van der Waals surface area contributed by atoms with Crippen LogP contribution in [0.25, 0.3) is 0 Å². The second kappa shape index (κ2) is 8.07. The van der Waals surface area contributed by atoms with Gasteiger partial charge in [0.25, 0.3) is 5.91 Å². The Labute approximate surface area is 154 Å². The third-order valence-electron chi connectivity index (χ3n) is 4.77. The summed E-state index contributed by atoms with van der Waals surface area (Å²) in [5.74, 6) is -0.918. The molecule has 1 aromatic rings. The van der Waals surface area contributed by atoms with Crippen molar-refractivity contribution in [1.82, 2.24) is 5.32 Å². The molecule has 1 aromatic carbocycles. The van der Waals surface area contributed by atoms with Crippen LogP contribution >= 0.6 is 0 Å². The number of hydrogen-bond acceptors (Lipinski definition) is 5. The van der Waals surface area contributed by atoms with Crippen molar-refractivity contribution in [2.45, 2.75) is 39.2 Å². The Hall–Kier alpha value is -2.09. The molecule has 0 bridgehead atoms. The molecule has 26 heavy (non-hydrogen) atoms. The lowest BCUT2D eigenvalue weighted by Gasteiger charge is -2.29. The second-order valence-electron chi connectivity index (χ2n) is 6.64. The summed E-state index contributed by atoms with van der Waals surface area (Å²) in [5, 5.41) is 2.74. The maximum absolute atomic E-state index is 12.6. The number of sulfonamides is 1. The fourth-order valence-electron chi connectivity index (χ4n) is 3.07. The standard InChI is InChI=1S/C18H26N2O5S/c1-5-12(2)16(18(22)25-3)19-17(21)14-8-9-15-13(11-14)7-6-10-20(15)26(4,23)24/h8-9,11-12,16H,5-7,10H2,1-4H3,(H,19,21)/t12-,16-/m1/s1. The molecule has 0 fully saturated rings. The molecule has 1 aliphatic heterocycles. The summed E-state index contributed by atoms with van der Waals surface area (Å²) in [6, 6.07) is 4.22. The number of nitrogens with one attached hydrogen (secondary N) is 1. The predicted molar refractivity (Wildman–Crippen MR) is 99.7 cm³/mol. The number of rotatable bonds is 6. The van der Waals surface area contributed by atoms with Gasteiger partial charge in [-0.3, -0.25) is 9.10 Å². The van der Waals surface area contributed by atoms with E-state index in [1.165, 1.54) is 17.7 Å². The van der Waals surface area contributed by atoms with Gasteiger partial charge in [-0.2, -0.15) is 0 Å². The van der Waals surface area contributed by atoms with Gasteiger partial charge in [0.15, 0.2) is 0 Å². The zero-order valence-electron chi connectivity index (χ0n) is 15.6. The molecule has 7 nitrogen and oxygen atoms in total. The molecule has 2 rings (SSSR count). The van der Waals surface area contributed by atoms with Gasteiger partial charge in [-0.1, -0.05) is 20.3 Å². The number of benzene rings is 1. The average molecular weight is 382 g/mol. The van der Waals surface area contributed by atoms with E-state index in [2.05, 4.69) is 5.32 Å². The number of nitrogens with zero attached hydrogens (tertiary/aromatic N) is 1. The molecule has 0 saturated heterocycles. The van der Waals surface area contributed by atoms with E-state index in [9.17, 15) is 18.0 Å². The first-order chi connectivity index (χ1) is 12.2. The summed E-state index contributed by atoms with van der Waals surface area (Å²) in [6.07, 6.45) is 3.29. The molecule has 0 aromatic heterocycles. The number of hydrogen-bond donors (Lipinski definition) is 1. The summed E-state index contributed by atoms with van der Waals surface area (Å²) >= 11 is 0. The highest BCUT2D eigenvalue weighted by Crippen LogP contribution is 2.30. The minimum atomic E-state index is -3.35. The van der Waals surface area contributed by atoms with Crippen molar-refractivity contribution < 1.29 is 22.7 Å². The van der Waals surface area contributed by atoms with Crippen molar-refractivity contribution in [1.29, 1.82) is 0 Å². The third-order valence-corrected chi connectivity index (χ3v) is 5.95. The number of carbonyl (C=O) groups excluding carboxylic acids is 2. The van der Waals surface area contributed by atoms with Crippen LogP contribution in [0.3, 0.4) is 0 Å².